The number of hydrogen-bond donors (Lipinski definition) is 2. The van der Waals surface area contributed by atoms with Gasteiger partial charge in [0.1, 0.15) is 4.90 Å². The van der Waals surface area contributed by atoms with E-state index in [-0.39, 0.29) is 10.8 Å². The molecule has 0 radical (unpaired) electrons. The topological polar surface area (TPSA) is 72.2 Å². The van der Waals surface area contributed by atoms with Gasteiger partial charge < -0.3 is 5.73 Å². The number of nitrogens with two attached hydrogens (primary N) is 1. The van der Waals surface area contributed by atoms with Crippen LogP contribution in [0.25, 0.3) is 0 Å². The molecule has 18 heavy (non-hydrogen) atoms. The van der Waals surface area contributed by atoms with Crippen LogP contribution in [-0.4, -0.2) is 15.0 Å². The number of hydrogen-bond acceptors (Lipinski definition) is 3. The zero-order chi connectivity index (χ0) is 13.9. The fourth-order valence-corrected chi connectivity index (χ4v) is 2.72. The van der Waals surface area contributed by atoms with E-state index in [1.807, 2.05) is 13.8 Å². The molecule has 0 amide bonds. The van der Waals surface area contributed by atoms with Crippen molar-refractivity contribution < 1.29 is 8.42 Å². The Hall–Kier alpha value is -1.07. The molecule has 5 heteroatoms. The van der Waals surface area contributed by atoms with E-state index >= 15 is 0 Å². The average molecular weight is 270 g/mol. The van der Waals surface area contributed by atoms with Gasteiger partial charge in [-0.2, -0.15) is 0 Å². The van der Waals surface area contributed by atoms with Gasteiger partial charge in [-0.1, -0.05) is 26.8 Å². The lowest BCUT2D eigenvalue weighted by atomic mass is 9.99. The smallest absolute Gasteiger partial charge is 0.242 e. The Morgan fingerprint density at radius 3 is 2.39 bits per heavy atom. The second-order valence-corrected chi connectivity index (χ2v) is 6.85. The molecule has 1 aromatic carbocycles. The van der Waals surface area contributed by atoms with E-state index in [0.29, 0.717) is 18.2 Å². The maximum absolute atomic E-state index is 12.1. The molecule has 0 saturated carbocycles. The van der Waals surface area contributed by atoms with Crippen LogP contribution >= 0.6 is 0 Å². The summed E-state index contributed by atoms with van der Waals surface area (Å²) >= 11 is 0. The summed E-state index contributed by atoms with van der Waals surface area (Å²) in [6.07, 6.45) is 0. The summed E-state index contributed by atoms with van der Waals surface area (Å²) in [4.78, 5) is 0.157. The summed E-state index contributed by atoms with van der Waals surface area (Å²) in [5.41, 5.74) is 6.99. The first kappa shape index (κ1) is 15.0. The van der Waals surface area contributed by atoms with Gasteiger partial charge in [-0.25, -0.2) is 13.1 Å². The molecule has 4 nitrogen and oxygen atoms in total. The summed E-state index contributed by atoms with van der Waals surface area (Å²) in [7, 11) is -3.51. The molecule has 0 bridgehead atoms. The molecule has 0 saturated heterocycles. The van der Waals surface area contributed by atoms with Gasteiger partial charge in [0, 0.05) is 6.54 Å². The molecule has 0 aliphatic rings. The minimum Gasteiger partial charge on any atom is -0.398 e. The minimum atomic E-state index is -3.51. The molecule has 0 aliphatic carbocycles. The highest BCUT2D eigenvalue weighted by atomic mass is 32.2. The van der Waals surface area contributed by atoms with Crippen molar-refractivity contribution in [1.29, 1.82) is 0 Å². The normalized spacial score (nSPS) is 13.8. The molecule has 3 N–H and O–H groups in total. The highest BCUT2D eigenvalue weighted by Crippen LogP contribution is 2.19. The molecule has 0 fully saturated rings. The van der Waals surface area contributed by atoms with Crippen molar-refractivity contribution in [3.63, 3.8) is 0 Å². The number of nitrogens with one attached hydrogen (secondary N) is 1. The number of sulfonamides is 1. The van der Waals surface area contributed by atoms with Crippen molar-refractivity contribution in [2.45, 2.75) is 32.6 Å². The molecule has 0 aromatic heterocycles. The van der Waals surface area contributed by atoms with Gasteiger partial charge in [0.25, 0.3) is 0 Å². The summed E-state index contributed by atoms with van der Waals surface area (Å²) in [5.74, 6) is 0.717. The predicted octanol–water partition coefficient (Wildman–Crippen LogP) is 2.15. The number of anilines is 1. The molecule has 0 spiro atoms. The van der Waals surface area contributed by atoms with E-state index in [2.05, 4.69) is 18.6 Å². The van der Waals surface area contributed by atoms with Crippen molar-refractivity contribution in [2.75, 3.05) is 12.3 Å². The van der Waals surface area contributed by atoms with Crippen molar-refractivity contribution >= 4 is 15.7 Å². The van der Waals surface area contributed by atoms with Crippen LogP contribution in [0.3, 0.4) is 0 Å². The zero-order valence-electron chi connectivity index (χ0n) is 11.4. The number of aryl methyl sites for hydroxylation is 1. The molecule has 1 aromatic rings. The van der Waals surface area contributed by atoms with Gasteiger partial charge >= 0.3 is 0 Å². The van der Waals surface area contributed by atoms with Gasteiger partial charge in [-0.15, -0.1) is 0 Å². The average Bonchev–Trinajstić information content (AvgIpc) is 2.25. The zero-order valence-corrected chi connectivity index (χ0v) is 12.2. The van der Waals surface area contributed by atoms with Crippen molar-refractivity contribution in [2.24, 2.45) is 11.8 Å². The molecular formula is C13H22N2O2S. The number of rotatable bonds is 5. The molecule has 1 unspecified atom stereocenters. The minimum absolute atomic E-state index is 0.157. The third kappa shape index (κ3) is 3.71. The van der Waals surface area contributed by atoms with Crippen molar-refractivity contribution in [3.8, 4) is 0 Å². The first-order valence-corrected chi connectivity index (χ1v) is 7.58. The van der Waals surface area contributed by atoms with Gasteiger partial charge in [0.05, 0.1) is 5.69 Å². The fourth-order valence-electron chi connectivity index (χ4n) is 1.47. The fraction of sp³-hybridized carbons (Fsp3) is 0.538. The van der Waals surface area contributed by atoms with Gasteiger partial charge in [0.2, 0.25) is 10.0 Å². The third-order valence-electron chi connectivity index (χ3n) is 3.19. The Bertz CT molecular complexity index is 510. The molecule has 0 aliphatic heterocycles. The van der Waals surface area contributed by atoms with E-state index in [9.17, 15) is 8.42 Å². The van der Waals surface area contributed by atoms with Crippen molar-refractivity contribution in [3.05, 3.63) is 23.8 Å². The van der Waals surface area contributed by atoms with Crippen LogP contribution in [-0.2, 0) is 10.0 Å². The Kier molecular flexibility index (Phi) is 4.76. The predicted molar refractivity (Wildman–Crippen MR) is 74.8 cm³/mol. The lowest BCUT2D eigenvalue weighted by Crippen LogP contribution is -2.30. The third-order valence-corrected chi connectivity index (χ3v) is 4.69. The molecule has 1 rings (SSSR count). The monoisotopic (exact) mass is 270 g/mol. The first-order valence-electron chi connectivity index (χ1n) is 6.10. The Morgan fingerprint density at radius 1 is 1.28 bits per heavy atom. The van der Waals surface area contributed by atoms with Gasteiger partial charge in [-0.3, -0.25) is 0 Å². The maximum Gasteiger partial charge on any atom is 0.242 e. The molecule has 102 valence electrons. The van der Waals surface area contributed by atoms with Crippen LogP contribution < -0.4 is 10.5 Å². The summed E-state index contributed by atoms with van der Waals surface area (Å²) < 4.78 is 26.8. The SMILES string of the molecule is Cc1ccc(S(=O)(=O)NCC(C)C(C)C)c(N)c1. The van der Waals surface area contributed by atoms with Crippen LogP contribution in [0.15, 0.2) is 23.1 Å². The first-order chi connectivity index (χ1) is 8.24. The van der Waals surface area contributed by atoms with Gasteiger partial charge in [0.15, 0.2) is 0 Å². The van der Waals surface area contributed by atoms with Crippen LogP contribution in [0, 0.1) is 18.8 Å². The molecule has 0 heterocycles. The highest BCUT2D eigenvalue weighted by Gasteiger charge is 2.18. The summed E-state index contributed by atoms with van der Waals surface area (Å²) in [5, 5.41) is 0. The summed E-state index contributed by atoms with van der Waals surface area (Å²) in [6, 6.07) is 4.96. The largest absolute Gasteiger partial charge is 0.398 e. The van der Waals surface area contributed by atoms with E-state index in [1.54, 1.807) is 18.2 Å². The van der Waals surface area contributed by atoms with E-state index in [4.69, 9.17) is 5.73 Å². The van der Waals surface area contributed by atoms with Crippen LogP contribution in [0.2, 0.25) is 0 Å². The Balaban J connectivity index is 2.87. The van der Waals surface area contributed by atoms with Crippen LogP contribution in [0.4, 0.5) is 5.69 Å². The van der Waals surface area contributed by atoms with E-state index in [1.165, 1.54) is 0 Å². The van der Waals surface area contributed by atoms with Gasteiger partial charge in [-0.05, 0) is 36.5 Å². The number of benzene rings is 1. The summed E-state index contributed by atoms with van der Waals surface area (Å²) in [6.45, 7) is 8.46. The van der Waals surface area contributed by atoms with Crippen LogP contribution in [0.5, 0.6) is 0 Å². The second kappa shape index (κ2) is 5.71. The van der Waals surface area contributed by atoms with Crippen molar-refractivity contribution in [1.82, 2.24) is 4.72 Å². The van der Waals surface area contributed by atoms with Crippen LogP contribution in [0.1, 0.15) is 26.3 Å². The second-order valence-electron chi connectivity index (χ2n) is 5.11. The lowest BCUT2D eigenvalue weighted by Gasteiger charge is -2.16. The Labute approximate surface area is 110 Å². The maximum atomic E-state index is 12.1. The lowest BCUT2D eigenvalue weighted by molar-refractivity contribution is 0.414. The number of nitrogen functional groups attached to an aromatic ring is 1. The standard InChI is InChI=1S/C13H22N2O2S/c1-9(2)11(4)8-15-18(16,17)13-6-5-10(3)7-12(13)14/h5-7,9,11,15H,8,14H2,1-4H3. The quantitative estimate of drug-likeness (QED) is 0.805. The highest BCUT2D eigenvalue weighted by molar-refractivity contribution is 7.89. The van der Waals surface area contributed by atoms with E-state index < -0.39 is 10.0 Å². The Morgan fingerprint density at radius 2 is 1.89 bits per heavy atom. The molecule has 1 atom stereocenters. The van der Waals surface area contributed by atoms with E-state index in [0.717, 1.165) is 5.56 Å². The molecular weight excluding hydrogens is 248 g/mol.